The molecule has 1 rings (SSSR count). The molecule has 0 saturated heterocycles. The van der Waals surface area contributed by atoms with Gasteiger partial charge < -0.3 is 0 Å². The van der Waals surface area contributed by atoms with Gasteiger partial charge in [-0.3, -0.25) is 0 Å². The Morgan fingerprint density at radius 3 is 2.79 bits per heavy atom. The van der Waals surface area contributed by atoms with Crippen LogP contribution in [0.5, 0.6) is 0 Å². The predicted molar refractivity (Wildman–Crippen MR) is 59.8 cm³/mol. The quantitative estimate of drug-likeness (QED) is 0.664. The van der Waals surface area contributed by atoms with Crippen molar-refractivity contribution in [1.82, 2.24) is 0 Å². The zero-order chi connectivity index (χ0) is 10.6. The zero-order valence-electron chi connectivity index (χ0n) is 8.89. The molecule has 1 heteroatoms. The van der Waals surface area contributed by atoms with Crippen LogP contribution >= 0.6 is 0 Å². The average molecular weight is 192 g/mol. The standard InChI is InChI=1S/C13H17F/c1-4-6-10(3)13-9-12(14)8-7-11(13)5-2/h5,7-10H,2,4,6H2,1,3H3. The van der Waals surface area contributed by atoms with Crippen molar-refractivity contribution in [3.8, 4) is 0 Å². The number of hydrogen-bond donors (Lipinski definition) is 0. The molecule has 0 bridgehead atoms. The third-order valence-electron chi connectivity index (χ3n) is 2.52. The lowest BCUT2D eigenvalue weighted by molar-refractivity contribution is 0.613. The molecule has 0 aromatic heterocycles. The van der Waals surface area contributed by atoms with Gasteiger partial charge in [0.05, 0.1) is 0 Å². The van der Waals surface area contributed by atoms with Gasteiger partial charge in [-0.2, -0.15) is 0 Å². The van der Waals surface area contributed by atoms with E-state index in [1.54, 1.807) is 18.2 Å². The highest BCUT2D eigenvalue weighted by Gasteiger charge is 2.08. The molecular weight excluding hydrogens is 175 g/mol. The van der Waals surface area contributed by atoms with Gasteiger partial charge in [0.15, 0.2) is 0 Å². The molecule has 0 heterocycles. The highest BCUT2D eigenvalue weighted by molar-refractivity contribution is 5.52. The summed E-state index contributed by atoms with van der Waals surface area (Å²) < 4.78 is 13.0. The molecule has 0 nitrogen and oxygen atoms in total. The first-order chi connectivity index (χ1) is 6.69. The fourth-order valence-corrected chi connectivity index (χ4v) is 1.75. The van der Waals surface area contributed by atoms with Crippen molar-refractivity contribution in [2.45, 2.75) is 32.6 Å². The van der Waals surface area contributed by atoms with E-state index in [0.717, 1.165) is 24.0 Å². The van der Waals surface area contributed by atoms with Crippen molar-refractivity contribution in [1.29, 1.82) is 0 Å². The van der Waals surface area contributed by atoms with E-state index in [1.165, 1.54) is 6.07 Å². The largest absolute Gasteiger partial charge is 0.207 e. The van der Waals surface area contributed by atoms with Crippen LogP contribution in [0.4, 0.5) is 4.39 Å². The number of benzene rings is 1. The van der Waals surface area contributed by atoms with Gasteiger partial charge in [0.1, 0.15) is 5.82 Å². The van der Waals surface area contributed by atoms with Gasteiger partial charge in [-0.05, 0) is 35.6 Å². The second-order valence-corrected chi connectivity index (χ2v) is 3.67. The van der Waals surface area contributed by atoms with E-state index in [4.69, 9.17) is 0 Å². The minimum Gasteiger partial charge on any atom is -0.207 e. The molecule has 0 aliphatic heterocycles. The summed E-state index contributed by atoms with van der Waals surface area (Å²) in [6.07, 6.45) is 4.00. The maximum atomic E-state index is 13.0. The van der Waals surface area contributed by atoms with Gasteiger partial charge in [-0.15, -0.1) is 0 Å². The van der Waals surface area contributed by atoms with Crippen LogP contribution in [0.3, 0.4) is 0 Å². The van der Waals surface area contributed by atoms with E-state index in [9.17, 15) is 4.39 Å². The van der Waals surface area contributed by atoms with E-state index < -0.39 is 0 Å². The Morgan fingerprint density at radius 2 is 2.21 bits per heavy atom. The van der Waals surface area contributed by atoms with Crippen LogP contribution in [-0.2, 0) is 0 Å². The summed E-state index contributed by atoms with van der Waals surface area (Å²) in [5.41, 5.74) is 2.12. The smallest absolute Gasteiger partial charge is 0.123 e. The Kier molecular flexibility index (Phi) is 3.87. The molecule has 1 aromatic rings. The summed E-state index contributed by atoms with van der Waals surface area (Å²) in [5.74, 6) is 0.247. The monoisotopic (exact) mass is 192 g/mol. The van der Waals surface area contributed by atoms with Crippen molar-refractivity contribution >= 4 is 6.08 Å². The molecule has 0 saturated carbocycles. The summed E-state index contributed by atoms with van der Waals surface area (Å²) in [6.45, 7) is 8.01. The van der Waals surface area contributed by atoms with Crippen LogP contribution in [0.25, 0.3) is 6.08 Å². The van der Waals surface area contributed by atoms with Crippen molar-refractivity contribution in [3.05, 3.63) is 41.7 Å². The first kappa shape index (κ1) is 11.0. The minimum atomic E-state index is -0.159. The third-order valence-corrected chi connectivity index (χ3v) is 2.52. The molecule has 1 unspecified atom stereocenters. The Balaban J connectivity index is 3.03. The molecule has 0 aliphatic carbocycles. The van der Waals surface area contributed by atoms with E-state index in [-0.39, 0.29) is 5.82 Å². The van der Waals surface area contributed by atoms with Gasteiger partial charge in [-0.25, -0.2) is 4.39 Å². The summed E-state index contributed by atoms with van der Waals surface area (Å²) in [4.78, 5) is 0. The number of halogens is 1. The maximum Gasteiger partial charge on any atom is 0.123 e. The molecule has 14 heavy (non-hydrogen) atoms. The van der Waals surface area contributed by atoms with Crippen LogP contribution in [-0.4, -0.2) is 0 Å². The van der Waals surface area contributed by atoms with Crippen LogP contribution < -0.4 is 0 Å². The Hall–Kier alpha value is -1.11. The van der Waals surface area contributed by atoms with E-state index in [2.05, 4.69) is 20.4 Å². The van der Waals surface area contributed by atoms with E-state index in [1.807, 2.05) is 0 Å². The lowest BCUT2D eigenvalue weighted by Gasteiger charge is -2.13. The maximum absolute atomic E-state index is 13.0. The number of hydrogen-bond acceptors (Lipinski definition) is 0. The number of rotatable bonds is 4. The van der Waals surface area contributed by atoms with Gasteiger partial charge in [0, 0.05) is 0 Å². The topological polar surface area (TPSA) is 0 Å². The average Bonchev–Trinajstić information content (AvgIpc) is 2.18. The van der Waals surface area contributed by atoms with Crippen molar-refractivity contribution < 1.29 is 4.39 Å². The van der Waals surface area contributed by atoms with Crippen LogP contribution in [0.2, 0.25) is 0 Å². The highest BCUT2D eigenvalue weighted by atomic mass is 19.1. The molecule has 1 aromatic carbocycles. The molecule has 76 valence electrons. The van der Waals surface area contributed by atoms with Crippen LogP contribution in [0.15, 0.2) is 24.8 Å². The van der Waals surface area contributed by atoms with Crippen LogP contribution in [0.1, 0.15) is 43.7 Å². The van der Waals surface area contributed by atoms with Gasteiger partial charge in [-0.1, -0.05) is 39.0 Å². The second-order valence-electron chi connectivity index (χ2n) is 3.67. The molecule has 0 aliphatic rings. The molecule has 0 radical (unpaired) electrons. The SMILES string of the molecule is C=Cc1ccc(F)cc1C(C)CCC. The summed E-state index contributed by atoms with van der Waals surface area (Å²) in [7, 11) is 0. The lowest BCUT2D eigenvalue weighted by atomic mass is 9.92. The van der Waals surface area contributed by atoms with Gasteiger partial charge in [0.25, 0.3) is 0 Å². The van der Waals surface area contributed by atoms with Gasteiger partial charge in [0.2, 0.25) is 0 Å². The van der Waals surface area contributed by atoms with Crippen molar-refractivity contribution in [2.75, 3.05) is 0 Å². The van der Waals surface area contributed by atoms with Crippen molar-refractivity contribution in [3.63, 3.8) is 0 Å². The molecule has 0 N–H and O–H groups in total. The summed E-state index contributed by atoms with van der Waals surface area (Å²) in [6, 6.07) is 4.90. The Labute approximate surface area is 85.5 Å². The fraction of sp³-hybridized carbons (Fsp3) is 0.385. The van der Waals surface area contributed by atoms with Crippen molar-refractivity contribution in [2.24, 2.45) is 0 Å². The summed E-state index contributed by atoms with van der Waals surface area (Å²) in [5, 5.41) is 0. The Morgan fingerprint density at radius 1 is 1.50 bits per heavy atom. The zero-order valence-corrected chi connectivity index (χ0v) is 8.89. The van der Waals surface area contributed by atoms with Gasteiger partial charge >= 0.3 is 0 Å². The molecule has 0 fully saturated rings. The molecule has 0 amide bonds. The lowest BCUT2D eigenvalue weighted by Crippen LogP contribution is -1.97. The third kappa shape index (κ3) is 2.44. The van der Waals surface area contributed by atoms with E-state index >= 15 is 0 Å². The predicted octanol–water partition coefficient (Wildman–Crippen LogP) is 4.37. The van der Waals surface area contributed by atoms with Crippen LogP contribution in [0, 0.1) is 5.82 Å². The molecule has 1 atom stereocenters. The summed E-state index contributed by atoms with van der Waals surface area (Å²) >= 11 is 0. The Bertz CT molecular complexity index is 315. The molecule has 0 spiro atoms. The molecular formula is C13H17F. The second kappa shape index (κ2) is 4.94. The minimum absolute atomic E-state index is 0.159. The highest BCUT2D eigenvalue weighted by Crippen LogP contribution is 2.25. The van der Waals surface area contributed by atoms with E-state index in [0.29, 0.717) is 5.92 Å². The fourth-order valence-electron chi connectivity index (χ4n) is 1.75. The first-order valence-corrected chi connectivity index (χ1v) is 5.11. The normalized spacial score (nSPS) is 12.5. The first-order valence-electron chi connectivity index (χ1n) is 5.11.